The van der Waals surface area contributed by atoms with E-state index < -0.39 is 48.6 Å². The molecule has 2 aromatic heterocycles. The van der Waals surface area contributed by atoms with Gasteiger partial charge in [0, 0.05) is 12.8 Å². The molecule has 0 aromatic carbocycles. The van der Waals surface area contributed by atoms with E-state index >= 15 is 0 Å². The zero-order valence-electron chi connectivity index (χ0n) is 16.9. The Balaban J connectivity index is 1.83. The maximum absolute atomic E-state index is 12.4. The number of anilines is 1. The van der Waals surface area contributed by atoms with Gasteiger partial charge >= 0.3 is 18.1 Å². The molecule has 2 aromatic rings. The van der Waals surface area contributed by atoms with Gasteiger partial charge in [-0.15, -0.1) is 0 Å². The highest BCUT2D eigenvalue weighted by Gasteiger charge is 2.62. The molecule has 0 aliphatic carbocycles. The summed E-state index contributed by atoms with van der Waals surface area (Å²) >= 11 is 0. The minimum absolute atomic E-state index is 0.0275. The average molecular weight is 445 g/mol. The Morgan fingerprint density at radius 2 is 2.09 bits per heavy atom. The number of nitrogens with zero attached hydrogens (tertiary/aromatic N) is 4. The molecule has 0 spiro atoms. The second kappa shape index (κ2) is 8.31. The first-order valence-electron chi connectivity index (χ1n) is 9.67. The van der Waals surface area contributed by atoms with Crippen LogP contribution < -0.4 is 5.73 Å². The van der Waals surface area contributed by atoms with Crippen LogP contribution in [0, 0.1) is 11.3 Å². The van der Waals surface area contributed by atoms with Crippen LogP contribution in [0.15, 0.2) is 18.5 Å². The Morgan fingerprint density at radius 1 is 1.34 bits per heavy atom. The number of esters is 2. The van der Waals surface area contributed by atoms with Crippen LogP contribution in [-0.2, 0) is 38.9 Å². The van der Waals surface area contributed by atoms with Gasteiger partial charge in [0.1, 0.15) is 30.6 Å². The molecule has 2 fully saturated rings. The van der Waals surface area contributed by atoms with Crippen LogP contribution in [0.3, 0.4) is 0 Å². The molecule has 0 unspecified atom stereocenters. The molecule has 2 aliphatic heterocycles. The number of nitriles is 1. The van der Waals surface area contributed by atoms with Crippen molar-refractivity contribution in [2.24, 2.45) is 0 Å². The lowest BCUT2D eigenvalue weighted by molar-refractivity contribution is -0.166. The molecule has 2 aliphatic rings. The number of hydrogen-bond donors (Lipinski definition) is 1. The van der Waals surface area contributed by atoms with Crippen molar-refractivity contribution < 1.29 is 38.1 Å². The zero-order valence-corrected chi connectivity index (χ0v) is 16.9. The van der Waals surface area contributed by atoms with E-state index in [1.54, 1.807) is 6.07 Å². The van der Waals surface area contributed by atoms with Gasteiger partial charge in [-0.2, -0.15) is 10.4 Å². The lowest BCUT2D eigenvalue weighted by Crippen LogP contribution is -2.45. The molecule has 13 heteroatoms. The summed E-state index contributed by atoms with van der Waals surface area (Å²) in [5, 5.41) is 14.4. The number of nitrogen functional groups attached to an aromatic ring is 1. The van der Waals surface area contributed by atoms with Gasteiger partial charge in [-0.05, 0) is 18.6 Å². The Hall–Kier alpha value is -3.92. The van der Waals surface area contributed by atoms with E-state index in [0.29, 0.717) is 5.52 Å². The van der Waals surface area contributed by atoms with Crippen molar-refractivity contribution >= 4 is 29.4 Å². The second-order valence-electron chi connectivity index (χ2n) is 7.15. The van der Waals surface area contributed by atoms with Gasteiger partial charge in [-0.25, -0.2) is 14.3 Å². The van der Waals surface area contributed by atoms with Crippen molar-refractivity contribution in [2.45, 2.75) is 43.2 Å². The van der Waals surface area contributed by atoms with Crippen LogP contribution in [0.25, 0.3) is 5.52 Å². The van der Waals surface area contributed by atoms with E-state index in [0.717, 1.165) is 7.11 Å². The van der Waals surface area contributed by atoms with Crippen molar-refractivity contribution in [3.05, 3.63) is 24.2 Å². The molecule has 0 amide bonds. The predicted molar refractivity (Wildman–Crippen MR) is 102 cm³/mol. The molecule has 4 heterocycles. The van der Waals surface area contributed by atoms with E-state index in [-0.39, 0.29) is 30.8 Å². The van der Waals surface area contributed by atoms with Crippen molar-refractivity contribution in [3.8, 4) is 6.07 Å². The molecule has 0 bridgehead atoms. The van der Waals surface area contributed by atoms with E-state index in [2.05, 4.69) is 14.8 Å². The third kappa shape index (κ3) is 3.54. The maximum Gasteiger partial charge on any atom is 0.508 e. The van der Waals surface area contributed by atoms with Crippen molar-refractivity contribution in [1.82, 2.24) is 14.6 Å². The normalized spacial score (nSPS) is 27.8. The summed E-state index contributed by atoms with van der Waals surface area (Å²) in [4.78, 5) is 40.2. The Bertz CT molecular complexity index is 1110. The number of carbonyl (C=O) groups is 3. The predicted octanol–water partition coefficient (Wildman–Crippen LogP) is 0.220. The van der Waals surface area contributed by atoms with Crippen LogP contribution in [0.4, 0.5) is 10.6 Å². The summed E-state index contributed by atoms with van der Waals surface area (Å²) < 4.78 is 27.9. The molecule has 32 heavy (non-hydrogen) atoms. The fourth-order valence-electron chi connectivity index (χ4n) is 3.80. The van der Waals surface area contributed by atoms with Crippen molar-refractivity contribution in [3.63, 3.8) is 0 Å². The number of aromatic nitrogens is 3. The molecule has 0 saturated carbocycles. The van der Waals surface area contributed by atoms with Gasteiger partial charge in [0.05, 0.1) is 12.8 Å². The molecule has 13 nitrogen and oxygen atoms in total. The third-order valence-corrected chi connectivity index (χ3v) is 5.25. The van der Waals surface area contributed by atoms with Crippen LogP contribution in [0.5, 0.6) is 0 Å². The number of carbonyl (C=O) groups excluding carboxylic acids is 3. The standard InChI is InChI=1S/C19H19N5O8/c1-28-18(27)29-7-11-15-16(31-14(26)4-2-3-13(25)30-15)19(8-20,32-11)12-6-5-10-17(21)22-9-23-24(10)12/h5-6,9,11,15-16H,2-4,7H2,1H3,(H2,21,22,23)/t11-,15-,16-,19+/m1/s1. The summed E-state index contributed by atoms with van der Waals surface area (Å²) in [5.74, 6) is -1.09. The minimum atomic E-state index is -1.96. The number of hydrogen-bond acceptors (Lipinski definition) is 12. The second-order valence-corrected chi connectivity index (χ2v) is 7.15. The smallest absolute Gasteiger partial charge is 0.455 e. The molecule has 2 saturated heterocycles. The van der Waals surface area contributed by atoms with E-state index in [4.69, 9.17) is 24.7 Å². The SMILES string of the molecule is COC(=O)OC[C@H]1O[C@@](C#N)(c2ccc3c(N)ncnn23)[C@@H]2OC(=O)CCCC(=O)O[C@@H]21. The lowest BCUT2D eigenvalue weighted by atomic mass is 9.92. The van der Waals surface area contributed by atoms with Crippen LogP contribution >= 0.6 is 0 Å². The first kappa shape index (κ1) is 21.3. The van der Waals surface area contributed by atoms with Gasteiger partial charge in [0.15, 0.2) is 18.0 Å². The average Bonchev–Trinajstić information content (AvgIpc) is 3.34. The molecule has 4 atom stereocenters. The number of rotatable bonds is 3. The summed E-state index contributed by atoms with van der Waals surface area (Å²) in [5.41, 5.74) is 4.49. The van der Waals surface area contributed by atoms with Gasteiger partial charge in [-0.3, -0.25) is 9.59 Å². The Labute approximate surface area is 180 Å². The molecule has 4 rings (SSSR count). The monoisotopic (exact) mass is 445 g/mol. The maximum atomic E-state index is 12.4. The van der Waals surface area contributed by atoms with E-state index in [1.807, 2.05) is 6.07 Å². The minimum Gasteiger partial charge on any atom is -0.455 e. The zero-order chi connectivity index (χ0) is 22.9. The topological polar surface area (TPSA) is 177 Å². The summed E-state index contributed by atoms with van der Waals surface area (Å²) in [7, 11) is 1.12. The summed E-state index contributed by atoms with van der Waals surface area (Å²) in [6.07, 6.45) is -3.41. The molecule has 168 valence electrons. The molecular weight excluding hydrogens is 426 g/mol. The van der Waals surface area contributed by atoms with Crippen LogP contribution in [0.1, 0.15) is 25.0 Å². The van der Waals surface area contributed by atoms with Crippen LogP contribution in [-0.4, -0.2) is 64.7 Å². The summed E-state index contributed by atoms with van der Waals surface area (Å²) in [6, 6.07) is 5.13. The fourth-order valence-corrected chi connectivity index (χ4v) is 3.80. The number of fused-ring (bicyclic) bond motifs is 2. The van der Waals surface area contributed by atoms with Gasteiger partial charge in [0.2, 0.25) is 5.60 Å². The lowest BCUT2D eigenvalue weighted by Gasteiger charge is -2.28. The van der Waals surface area contributed by atoms with Crippen molar-refractivity contribution in [1.29, 1.82) is 5.26 Å². The third-order valence-electron chi connectivity index (χ3n) is 5.25. The number of ether oxygens (including phenoxy) is 5. The highest BCUT2D eigenvalue weighted by molar-refractivity contribution is 5.74. The quantitative estimate of drug-likeness (QED) is 0.503. The van der Waals surface area contributed by atoms with E-state index in [1.165, 1.54) is 16.9 Å². The highest BCUT2D eigenvalue weighted by atomic mass is 16.7. The first-order chi connectivity index (χ1) is 15.4. The Kier molecular flexibility index (Phi) is 5.54. The van der Waals surface area contributed by atoms with E-state index in [9.17, 15) is 19.6 Å². The highest BCUT2D eigenvalue weighted by Crippen LogP contribution is 2.44. The van der Waals surface area contributed by atoms with Gasteiger partial charge in [-0.1, -0.05) is 0 Å². The molecular formula is C19H19N5O8. The summed E-state index contributed by atoms with van der Waals surface area (Å²) in [6.45, 7) is -0.428. The fraction of sp³-hybridized carbons (Fsp3) is 0.474. The first-order valence-corrected chi connectivity index (χ1v) is 9.67. The Morgan fingerprint density at radius 3 is 2.81 bits per heavy atom. The number of methoxy groups -OCH3 is 1. The van der Waals surface area contributed by atoms with Gasteiger partial charge in [0.25, 0.3) is 0 Å². The molecule has 2 N–H and O–H groups in total. The van der Waals surface area contributed by atoms with Crippen LogP contribution in [0.2, 0.25) is 0 Å². The van der Waals surface area contributed by atoms with Crippen molar-refractivity contribution in [2.75, 3.05) is 19.5 Å². The number of nitrogens with two attached hydrogens (primary N) is 1. The largest absolute Gasteiger partial charge is 0.508 e. The molecule has 0 radical (unpaired) electrons. The van der Waals surface area contributed by atoms with Gasteiger partial charge < -0.3 is 29.4 Å².